The van der Waals surface area contributed by atoms with Gasteiger partial charge in [-0.15, -0.1) is 0 Å². The van der Waals surface area contributed by atoms with Crippen molar-refractivity contribution < 1.29 is 14.3 Å². The fourth-order valence-corrected chi connectivity index (χ4v) is 4.12. The Morgan fingerprint density at radius 2 is 1.97 bits per heavy atom. The largest absolute Gasteiger partial charge is 0.492 e. The van der Waals surface area contributed by atoms with Gasteiger partial charge in [-0.3, -0.25) is 4.79 Å². The standard InChI is InChI=1S/C26H33N3O3/c1-18(27-25(30)23-10-7-16-32-23)24-28-21-8-5-6-9-22(21)29(24)15-17-31-20-13-11-19(12-14-20)26(2,3)4/h5-6,8-9,11-14,18,23H,7,10,15-17H2,1-4H3,(H,27,30). The van der Waals surface area contributed by atoms with Crippen LogP contribution >= 0.6 is 0 Å². The van der Waals surface area contributed by atoms with Crippen LogP contribution < -0.4 is 10.1 Å². The van der Waals surface area contributed by atoms with Crippen molar-refractivity contribution in [3.8, 4) is 5.75 Å². The van der Waals surface area contributed by atoms with Gasteiger partial charge in [0.25, 0.3) is 0 Å². The Balaban J connectivity index is 1.47. The van der Waals surface area contributed by atoms with Gasteiger partial charge in [-0.1, -0.05) is 45.0 Å². The Labute approximate surface area is 189 Å². The minimum Gasteiger partial charge on any atom is -0.492 e. The maximum absolute atomic E-state index is 12.6. The second-order valence-corrected chi connectivity index (χ2v) is 9.47. The van der Waals surface area contributed by atoms with Crippen molar-refractivity contribution >= 4 is 16.9 Å². The second kappa shape index (κ2) is 9.33. The van der Waals surface area contributed by atoms with Gasteiger partial charge in [0.2, 0.25) is 5.91 Å². The van der Waals surface area contributed by atoms with Crippen LogP contribution in [-0.2, 0) is 21.5 Å². The third-order valence-corrected chi connectivity index (χ3v) is 5.96. The zero-order valence-corrected chi connectivity index (χ0v) is 19.4. The summed E-state index contributed by atoms with van der Waals surface area (Å²) in [6.07, 6.45) is 1.35. The highest BCUT2D eigenvalue weighted by Crippen LogP contribution is 2.25. The van der Waals surface area contributed by atoms with Crippen LogP contribution in [0.2, 0.25) is 0 Å². The van der Waals surface area contributed by atoms with Crippen LogP contribution in [0.5, 0.6) is 5.75 Å². The van der Waals surface area contributed by atoms with E-state index in [1.54, 1.807) is 0 Å². The monoisotopic (exact) mass is 435 g/mol. The predicted octanol–water partition coefficient (Wildman–Crippen LogP) is 4.77. The molecule has 4 rings (SSSR count). The summed E-state index contributed by atoms with van der Waals surface area (Å²) in [4.78, 5) is 17.4. The van der Waals surface area contributed by atoms with Crippen molar-refractivity contribution in [3.63, 3.8) is 0 Å². The van der Waals surface area contributed by atoms with E-state index >= 15 is 0 Å². The SMILES string of the molecule is CC(NC(=O)C1CCCO1)c1nc2ccccc2n1CCOc1ccc(C(C)(C)C)cc1. The molecular weight excluding hydrogens is 402 g/mol. The molecule has 1 aromatic heterocycles. The lowest BCUT2D eigenvalue weighted by atomic mass is 9.87. The first-order chi connectivity index (χ1) is 15.3. The molecule has 2 atom stereocenters. The summed E-state index contributed by atoms with van der Waals surface area (Å²) in [6.45, 7) is 10.4. The lowest BCUT2D eigenvalue weighted by Gasteiger charge is -2.20. The number of aromatic nitrogens is 2. The van der Waals surface area contributed by atoms with E-state index in [2.05, 4.69) is 48.9 Å². The molecule has 1 aliphatic heterocycles. The van der Waals surface area contributed by atoms with Gasteiger partial charge in [-0.25, -0.2) is 4.98 Å². The van der Waals surface area contributed by atoms with Gasteiger partial charge >= 0.3 is 0 Å². The average molecular weight is 436 g/mol. The average Bonchev–Trinajstić information content (AvgIpc) is 3.42. The van der Waals surface area contributed by atoms with Crippen molar-refractivity contribution in [1.29, 1.82) is 0 Å². The molecule has 6 nitrogen and oxygen atoms in total. The summed E-state index contributed by atoms with van der Waals surface area (Å²) in [5, 5.41) is 3.08. The normalized spacial score (nSPS) is 17.4. The van der Waals surface area contributed by atoms with Gasteiger partial charge in [0.15, 0.2) is 0 Å². The van der Waals surface area contributed by atoms with Crippen molar-refractivity contribution in [2.24, 2.45) is 0 Å². The summed E-state index contributed by atoms with van der Waals surface area (Å²) in [5.41, 5.74) is 3.35. The Bertz CT molecular complexity index is 1060. The highest BCUT2D eigenvalue weighted by atomic mass is 16.5. The number of para-hydroxylation sites is 2. The number of rotatable bonds is 7. The van der Waals surface area contributed by atoms with E-state index in [9.17, 15) is 4.79 Å². The highest BCUT2D eigenvalue weighted by molar-refractivity contribution is 5.81. The molecule has 1 fully saturated rings. The molecule has 170 valence electrons. The first kappa shape index (κ1) is 22.3. The molecule has 2 aromatic carbocycles. The van der Waals surface area contributed by atoms with Crippen LogP contribution in [0.25, 0.3) is 11.0 Å². The molecule has 2 heterocycles. The van der Waals surface area contributed by atoms with Crippen molar-refractivity contribution in [2.45, 2.75) is 64.6 Å². The molecule has 0 saturated carbocycles. The first-order valence-corrected chi connectivity index (χ1v) is 11.4. The number of nitrogens with one attached hydrogen (secondary N) is 1. The number of imidazole rings is 1. The van der Waals surface area contributed by atoms with E-state index in [-0.39, 0.29) is 23.5 Å². The third kappa shape index (κ3) is 4.96. The molecule has 3 aromatic rings. The maximum Gasteiger partial charge on any atom is 0.249 e. The molecule has 0 radical (unpaired) electrons. The predicted molar refractivity (Wildman–Crippen MR) is 126 cm³/mol. The zero-order valence-electron chi connectivity index (χ0n) is 19.4. The van der Waals surface area contributed by atoms with Gasteiger partial charge in [-0.05, 0) is 55.0 Å². The van der Waals surface area contributed by atoms with Gasteiger partial charge in [-0.2, -0.15) is 0 Å². The smallest absolute Gasteiger partial charge is 0.249 e. The lowest BCUT2D eigenvalue weighted by molar-refractivity contribution is -0.130. The van der Waals surface area contributed by atoms with Crippen LogP contribution in [0.3, 0.4) is 0 Å². The lowest BCUT2D eigenvalue weighted by Crippen LogP contribution is -2.36. The minimum absolute atomic E-state index is 0.0659. The van der Waals surface area contributed by atoms with Gasteiger partial charge in [0.1, 0.15) is 24.3 Å². The van der Waals surface area contributed by atoms with Crippen LogP contribution in [0.1, 0.15) is 58.0 Å². The molecule has 0 spiro atoms. The van der Waals surface area contributed by atoms with E-state index in [0.717, 1.165) is 35.4 Å². The molecule has 2 unspecified atom stereocenters. The number of carbonyl (C=O) groups excluding carboxylic acids is 1. The molecule has 1 amide bonds. The van der Waals surface area contributed by atoms with Gasteiger partial charge in [0.05, 0.1) is 23.6 Å². The van der Waals surface area contributed by atoms with Crippen molar-refractivity contribution in [3.05, 3.63) is 59.9 Å². The summed E-state index contributed by atoms with van der Waals surface area (Å²) in [5.74, 6) is 1.61. The summed E-state index contributed by atoms with van der Waals surface area (Å²) >= 11 is 0. The van der Waals surface area contributed by atoms with Crippen LogP contribution in [0.4, 0.5) is 0 Å². The molecule has 6 heteroatoms. The fourth-order valence-electron chi connectivity index (χ4n) is 4.12. The van der Waals surface area contributed by atoms with Gasteiger partial charge in [0, 0.05) is 6.61 Å². The number of fused-ring (bicyclic) bond motifs is 1. The highest BCUT2D eigenvalue weighted by Gasteiger charge is 2.26. The Hall–Kier alpha value is -2.86. The molecule has 0 bridgehead atoms. The van der Waals surface area contributed by atoms with Crippen LogP contribution in [0.15, 0.2) is 48.5 Å². The number of hydrogen-bond acceptors (Lipinski definition) is 4. The number of ether oxygens (including phenoxy) is 2. The topological polar surface area (TPSA) is 65.4 Å². The van der Waals surface area contributed by atoms with Crippen molar-refractivity contribution in [2.75, 3.05) is 13.2 Å². The zero-order chi connectivity index (χ0) is 22.7. The van der Waals surface area contributed by atoms with Crippen molar-refractivity contribution in [1.82, 2.24) is 14.9 Å². The van der Waals surface area contributed by atoms with E-state index in [1.807, 2.05) is 37.3 Å². The number of nitrogens with zero attached hydrogens (tertiary/aromatic N) is 2. The quantitative estimate of drug-likeness (QED) is 0.581. The van der Waals surface area contributed by atoms with E-state index in [1.165, 1.54) is 5.56 Å². The Morgan fingerprint density at radius 3 is 2.66 bits per heavy atom. The summed E-state index contributed by atoms with van der Waals surface area (Å²) < 4.78 is 13.7. The molecule has 32 heavy (non-hydrogen) atoms. The molecule has 1 N–H and O–H groups in total. The molecule has 1 saturated heterocycles. The van der Waals surface area contributed by atoms with E-state index < -0.39 is 0 Å². The minimum atomic E-state index is -0.352. The van der Waals surface area contributed by atoms with Crippen LogP contribution in [0, 0.1) is 0 Å². The number of carbonyl (C=O) groups is 1. The Kier molecular flexibility index (Phi) is 6.51. The summed E-state index contributed by atoms with van der Waals surface area (Å²) in [7, 11) is 0. The van der Waals surface area contributed by atoms with Crippen LogP contribution in [-0.4, -0.2) is 34.8 Å². The maximum atomic E-state index is 12.6. The Morgan fingerprint density at radius 1 is 1.22 bits per heavy atom. The molecular formula is C26H33N3O3. The molecule has 0 aliphatic carbocycles. The van der Waals surface area contributed by atoms with E-state index in [4.69, 9.17) is 14.5 Å². The first-order valence-electron chi connectivity index (χ1n) is 11.4. The fraction of sp³-hybridized carbons (Fsp3) is 0.462. The number of benzene rings is 2. The van der Waals surface area contributed by atoms with Gasteiger partial charge < -0.3 is 19.4 Å². The number of amides is 1. The number of hydrogen-bond donors (Lipinski definition) is 1. The molecule has 1 aliphatic rings. The summed E-state index contributed by atoms with van der Waals surface area (Å²) in [6, 6.07) is 16.1. The second-order valence-electron chi connectivity index (χ2n) is 9.47. The third-order valence-electron chi connectivity index (χ3n) is 5.96. The van der Waals surface area contributed by atoms with E-state index in [0.29, 0.717) is 19.8 Å².